The molecule has 0 atom stereocenters. The second-order valence-corrected chi connectivity index (χ2v) is 10.8. The van der Waals surface area contributed by atoms with Crippen LogP contribution in [0.3, 0.4) is 0 Å². The SMILES string of the molecule is CCN(CC)CCCN(CC(=O)N(C1CCCCC1)C1CCCCC1)C(=O)c1ccc([N+](=O)[O-])c(C)c1. The molecule has 8 nitrogen and oxygen atoms in total. The summed E-state index contributed by atoms with van der Waals surface area (Å²) in [6.07, 6.45) is 12.1. The minimum Gasteiger partial charge on any atom is -0.335 e. The molecule has 1 aromatic rings. The summed E-state index contributed by atoms with van der Waals surface area (Å²) in [6.45, 7) is 9.21. The number of hydrogen-bond donors (Lipinski definition) is 0. The van der Waals surface area contributed by atoms with Crippen molar-refractivity contribution in [1.29, 1.82) is 0 Å². The highest BCUT2D eigenvalue weighted by molar-refractivity contribution is 5.97. The first kappa shape index (κ1) is 29.1. The standard InChI is InChI=1S/C29H46N4O4/c1-4-30(5-2)19-12-20-31(29(35)24-17-18-27(33(36)37)23(3)21-24)22-28(34)32(25-13-8-6-9-14-25)26-15-10-7-11-16-26/h17-18,21,25-26H,4-16,19-20,22H2,1-3H3. The van der Waals surface area contributed by atoms with Crippen LogP contribution < -0.4 is 0 Å². The van der Waals surface area contributed by atoms with Crippen LogP contribution in [0.2, 0.25) is 0 Å². The molecule has 8 heteroatoms. The maximum atomic E-state index is 13.9. The normalized spacial score (nSPS) is 17.1. The van der Waals surface area contributed by atoms with E-state index in [4.69, 9.17) is 0 Å². The number of amides is 2. The van der Waals surface area contributed by atoms with Gasteiger partial charge in [-0.15, -0.1) is 0 Å². The Morgan fingerprint density at radius 1 is 0.919 bits per heavy atom. The zero-order valence-electron chi connectivity index (χ0n) is 23.1. The fourth-order valence-electron chi connectivity index (χ4n) is 6.12. The van der Waals surface area contributed by atoms with E-state index in [1.54, 1.807) is 17.9 Å². The van der Waals surface area contributed by atoms with E-state index in [1.807, 2.05) is 0 Å². The van der Waals surface area contributed by atoms with Gasteiger partial charge in [0.05, 0.1) is 4.92 Å². The van der Waals surface area contributed by atoms with Crippen LogP contribution in [0.5, 0.6) is 0 Å². The lowest BCUT2D eigenvalue weighted by Crippen LogP contribution is -2.53. The van der Waals surface area contributed by atoms with Gasteiger partial charge < -0.3 is 14.7 Å². The third-order valence-corrected chi connectivity index (χ3v) is 8.27. The van der Waals surface area contributed by atoms with E-state index in [-0.39, 0.29) is 36.1 Å². The van der Waals surface area contributed by atoms with Crippen molar-refractivity contribution in [2.75, 3.05) is 32.7 Å². The van der Waals surface area contributed by atoms with Gasteiger partial charge in [0.15, 0.2) is 0 Å². The Labute approximate surface area is 222 Å². The van der Waals surface area contributed by atoms with Crippen molar-refractivity contribution in [3.05, 3.63) is 39.4 Å². The van der Waals surface area contributed by atoms with Crippen LogP contribution in [0.15, 0.2) is 18.2 Å². The van der Waals surface area contributed by atoms with E-state index >= 15 is 0 Å². The van der Waals surface area contributed by atoms with Crippen LogP contribution in [0.1, 0.15) is 100 Å². The quantitative estimate of drug-likeness (QED) is 0.269. The Morgan fingerprint density at radius 3 is 1.97 bits per heavy atom. The second kappa shape index (κ2) is 14.5. The van der Waals surface area contributed by atoms with Crippen molar-refractivity contribution in [1.82, 2.24) is 14.7 Å². The summed E-state index contributed by atoms with van der Waals surface area (Å²) in [5.41, 5.74) is 0.860. The summed E-state index contributed by atoms with van der Waals surface area (Å²) in [5, 5.41) is 11.3. The molecule has 0 aliphatic heterocycles. The molecule has 0 radical (unpaired) electrons. The molecule has 0 bridgehead atoms. The summed E-state index contributed by atoms with van der Waals surface area (Å²) in [6, 6.07) is 5.06. The molecule has 37 heavy (non-hydrogen) atoms. The molecule has 3 rings (SSSR count). The monoisotopic (exact) mass is 514 g/mol. The Balaban J connectivity index is 1.81. The van der Waals surface area contributed by atoms with Crippen molar-refractivity contribution in [3.8, 4) is 0 Å². The zero-order chi connectivity index (χ0) is 26.8. The topological polar surface area (TPSA) is 87.0 Å². The fraction of sp³-hybridized carbons (Fsp3) is 0.724. The first-order chi connectivity index (χ1) is 17.8. The van der Waals surface area contributed by atoms with Gasteiger partial charge in [-0.1, -0.05) is 52.4 Å². The summed E-state index contributed by atoms with van der Waals surface area (Å²) in [5.74, 6) is -0.160. The average Bonchev–Trinajstić information content (AvgIpc) is 2.91. The van der Waals surface area contributed by atoms with Crippen LogP contribution >= 0.6 is 0 Å². The second-order valence-electron chi connectivity index (χ2n) is 10.8. The number of nitrogens with zero attached hydrogens (tertiary/aromatic N) is 4. The van der Waals surface area contributed by atoms with Crippen LogP contribution in [0.25, 0.3) is 0 Å². The molecule has 2 aliphatic rings. The number of carbonyl (C=O) groups is 2. The smallest absolute Gasteiger partial charge is 0.272 e. The first-order valence-electron chi connectivity index (χ1n) is 14.4. The van der Waals surface area contributed by atoms with Gasteiger partial charge in [-0.25, -0.2) is 0 Å². The maximum Gasteiger partial charge on any atom is 0.272 e. The Kier molecular flexibility index (Phi) is 11.4. The number of hydrogen-bond acceptors (Lipinski definition) is 5. The molecule has 2 aliphatic carbocycles. The minimum atomic E-state index is -0.429. The van der Waals surface area contributed by atoms with E-state index in [0.717, 1.165) is 77.4 Å². The molecule has 2 amide bonds. The molecule has 2 fully saturated rings. The number of rotatable bonds is 12. The fourth-order valence-corrected chi connectivity index (χ4v) is 6.12. The number of nitro benzene ring substituents is 1. The summed E-state index contributed by atoms with van der Waals surface area (Å²) in [7, 11) is 0. The van der Waals surface area contributed by atoms with Crippen molar-refractivity contribution < 1.29 is 14.5 Å². The molecular formula is C29H46N4O4. The number of nitro groups is 1. The van der Waals surface area contributed by atoms with Crippen LogP contribution in [-0.4, -0.2) is 76.2 Å². The lowest BCUT2D eigenvalue weighted by molar-refractivity contribution is -0.385. The minimum absolute atomic E-state index is 0.00137. The third-order valence-electron chi connectivity index (χ3n) is 8.27. The molecular weight excluding hydrogens is 468 g/mol. The summed E-state index contributed by atoms with van der Waals surface area (Å²) >= 11 is 0. The van der Waals surface area contributed by atoms with Crippen LogP contribution in [0.4, 0.5) is 5.69 Å². The molecule has 0 N–H and O–H groups in total. The van der Waals surface area contributed by atoms with E-state index in [9.17, 15) is 19.7 Å². The number of aryl methyl sites for hydroxylation is 1. The highest BCUT2D eigenvalue weighted by Gasteiger charge is 2.34. The zero-order valence-corrected chi connectivity index (χ0v) is 23.1. The molecule has 0 unspecified atom stereocenters. The van der Waals surface area contributed by atoms with Crippen molar-refractivity contribution in [2.45, 2.75) is 103 Å². The molecule has 206 valence electrons. The highest BCUT2D eigenvalue weighted by Crippen LogP contribution is 2.30. The number of carbonyl (C=O) groups excluding carboxylic acids is 2. The highest BCUT2D eigenvalue weighted by atomic mass is 16.6. The molecule has 0 saturated heterocycles. The Hall–Kier alpha value is -2.48. The Morgan fingerprint density at radius 2 is 1.49 bits per heavy atom. The van der Waals surface area contributed by atoms with Gasteiger partial charge in [-0.2, -0.15) is 0 Å². The predicted molar refractivity (Wildman–Crippen MR) is 147 cm³/mol. The predicted octanol–water partition coefficient (Wildman–Crippen LogP) is 5.57. The summed E-state index contributed by atoms with van der Waals surface area (Å²) in [4.78, 5) is 44.6. The van der Waals surface area contributed by atoms with E-state index in [1.165, 1.54) is 25.0 Å². The van der Waals surface area contributed by atoms with Crippen molar-refractivity contribution >= 4 is 17.5 Å². The largest absolute Gasteiger partial charge is 0.335 e. The first-order valence-corrected chi connectivity index (χ1v) is 14.4. The van der Waals surface area contributed by atoms with Gasteiger partial charge >= 0.3 is 0 Å². The van der Waals surface area contributed by atoms with E-state index < -0.39 is 4.92 Å². The molecule has 2 saturated carbocycles. The van der Waals surface area contributed by atoms with Gasteiger partial charge in [-0.3, -0.25) is 19.7 Å². The van der Waals surface area contributed by atoms with E-state index in [2.05, 4.69) is 23.6 Å². The van der Waals surface area contributed by atoms with Gasteiger partial charge in [0.2, 0.25) is 5.91 Å². The molecule has 1 aromatic carbocycles. The lowest BCUT2D eigenvalue weighted by Gasteiger charge is -2.42. The average molecular weight is 515 g/mol. The van der Waals surface area contributed by atoms with Gasteiger partial charge in [0.1, 0.15) is 6.54 Å². The van der Waals surface area contributed by atoms with Crippen molar-refractivity contribution in [2.24, 2.45) is 0 Å². The van der Waals surface area contributed by atoms with Gasteiger partial charge in [0.25, 0.3) is 11.6 Å². The molecule has 0 spiro atoms. The molecule has 0 heterocycles. The lowest BCUT2D eigenvalue weighted by atomic mass is 9.88. The third kappa shape index (κ3) is 8.00. The van der Waals surface area contributed by atoms with Crippen LogP contribution in [-0.2, 0) is 4.79 Å². The Bertz CT molecular complexity index is 887. The number of benzene rings is 1. The summed E-state index contributed by atoms with van der Waals surface area (Å²) < 4.78 is 0. The van der Waals surface area contributed by atoms with Gasteiger partial charge in [0, 0.05) is 35.8 Å². The van der Waals surface area contributed by atoms with Crippen molar-refractivity contribution in [3.63, 3.8) is 0 Å². The van der Waals surface area contributed by atoms with Gasteiger partial charge in [-0.05, 0) is 70.8 Å². The van der Waals surface area contributed by atoms with Crippen LogP contribution in [0, 0.1) is 17.0 Å². The van der Waals surface area contributed by atoms with E-state index in [0.29, 0.717) is 17.7 Å². The molecule has 0 aromatic heterocycles. The maximum absolute atomic E-state index is 13.9.